The van der Waals surface area contributed by atoms with E-state index in [0.29, 0.717) is 43.7 Å². The first kappa shape index (κ1) is 23.7. The summed E-state index contributed by atoms with van der Waals surface area (Å²) in [5.74, 6) is -2.76. The highest BCUT2D eigenvalue weighted by molar-refractivity contribution is 14.1. The maximum absolute atomic E-state index is 14.9. The first-order valence-electron chi connectivity index (χ1n) is 11.1. The van der Waals surface area contributed by atoms with Gasteiger partial charge < -0.3 is 4.74 Å². The van der Waals surface area contributed by atoms with Crippen LogP contribution >= 0.6 is 22.6 Å². The van der Waals surface area contributed by atoms with Gasteiger partial charge in [0.25, 0.3) is 5.92 Å². The molecular weight excluding hydrogens is 536 g/mol. The van der Waals surface area contributed by atoms with E-state index < -0.39 is 24.7 Å². The summed E-state index contributed by atoms with van der Waals surface area (Å²) in [4.78, 5) is 14.1. The fraction of sp³-hybridized carbons (Fsp3) is 0.636. The Morgan fingerprint density at radius 3 is 2.78 bits per heavy atom. The number of piperidine rings is 1. The second-order valence-electron chi connectivity index (χ2n) is 8.62. The van der Waals surface area contributed by atoms with Crippen molar-refractivity contribution >= 4 is 22.6 Å². The molecule has 3 heterocycles. The molecule has 2 atom stereocenters. The molecule has 1 aromatic heterocycles. The van der Waals surface area contributed by atoms with E-state index in [4.69, 9.17) is 4.74 Å². The Morgan fingerprint density at radius 1 is 1.22 bits per heavy atom. The van der Waals surface area contributed by atoms with Gasteiger partial charge in [-0.1, -0.05) is 40.8 Å². The Balaban J connectivity index is 1.35. The molecule has 6 nitrogen and oxygen atoms in total. The van der Waals surface area contributed by atoms with Crippen LogP contribution in [0.15, 0.2) is 29.1 Å². The molecule has 2 aliphatic rings. The van der Waals surface area contributed by atoms with Crippen LogP contribution in [0.4, 0.5) is 13.2 Å². The number of hydrogen-bond acceptors (Lipinski definition) is 4. The van der Waals surface area contributed by atoms with Crippen LogP contribution in [-0.4, -0.2) is 54.8 Å². The number of hydrogen-bond donors (Lipinski definition) is 0. The minimum atomic E-state index is -3.07. The molecule has 0 saturated carbocycles. The fourth-order valence-corrected chi connectivity index (χ4v) is 5.35. The lowest BCUT2D eigenvalue weighted by atomic mass is 9.96. The van der Waals surface area contributed by atoms with Crippen molar-refractivity contribution in [2.75, 3.05) is 17.5 Å². The van der Waals surface area contributed by atoms with Crippen molar-refractivity contribution in [1.29, 1.82) is 0 Å². The zero-order valence-electron chi connectivity index (χ0n) is 17.9. The third-order valence-electron chi connectivity index (χ3n) is 6.26. The Labute approximate surface area is 198 Å². The molecular formula is C22H28F3IN4O2. The Bertz CT molecular complexity index is 980. The molecule has 2 aromatic rings. The molecule has 1 fully saturated rings. The topological polar surface area (TPSA) is 52.3 Å². The van der Waals surface area contributed by atoms with Gasteiger partial charge in [-0.25, -0.2) is 22.6 Å². The van der Waals surface area contributed by atoms with Crippen LogP contribution in [0.25, 0.3) is 0 Å². The Kier molecular flexibility index (Phi) is 7.61. The first-order valence-corrected chi connectivity index (χ1v) is 12.6. The second-order valence-corrected chi connectivity index (χ2v) is 9.70. The van der Waals surface area contributed by atoms with E-state index in [2.05, 4.69) is 27.7 Å². The molecule has 0 amide bonds. The minimum absolute atomic E-state index is 0.0409. The second kappa shape index (κ2) is 10.3. The average molecular weight is 564 g/mol. The molecule has 0 aliphatic carbocycles. The molecule has 1 aromatic carbocycles. The number of likely N-dealkylation sites (tertiary alicyclic amines) is 1. The maximum atomic E-state index is 14.9. The zero-order valence-corrected chi connectivity index (χ0v) is 20.0. The lowest BCUT2D eigenvalue weighted by Gasteiger charge is -2.40. The molecule has 176 valence electrons. The molecule has 2 aliphatic heterocycles. The highest BCUT2D eigenvalue weighted by Gasteiger charge is 2.39. The van der Waals surface area contributed by atoms with E-state index in [9.17, 15) is 18.0 Å². The van der Waals surface area contributed by atoms with E-state index in [1.54, 1.807) is 18.2 Å². The number of ether oxygens (including phenoxy) is 1. The smallest absolute Gasteiger partial charge is 0.346 e. The highest BCUT2D eigenvalue weighted by atomic mass is 127. The van der Waals surface area contributed by atoms with Gasteiger partial charge in [0.05, 0.1) is 19.3 Å². The van der Waals surface area contributed by atoms with E-state index in [-0.39, 0.29) is 24.6 Å². The molecule has 0 N–H and O–H groups in total. The average Bonchev–Trinajstić information content (AvgIpc) is 3.32. The number of halogens is 4. The van der Waals surface area contributed by atoms with Gasteiger partial charge >= 0.3 is 5.69 Å². The summed E-state index contributed by atoms with van der Waals surface area (Å²) in [5, 5.41) is 4.11. The fourth-order valence-electron chi connectivity index (χ4n) is 4.63. The largest absolute Gasteiger partial charge is 0.373 e. The van der Waals surface area contributed by atoms with E-state index in [1.165, 1.54) is 10.6 Å². The van der Waals surface area contributed by atoms with Crippen molar-refractivity contribution < 1.29 is 17.9 Å². The van der Waals surface area contributed by atoms with Crippen LogP contribution in [0.5, 0.6) is 0 Å². The monoisotopic (exact) mass is 564 g/mol. The summed E-state index contributed by atoms with van der Waals surface area (Å²) in [6.45, 7) is 0.0964. The summed E-state index contributed by atoms with van der Waals surface area (Å²) in [7, 11) is 0. The third kappa shape index (κ3) is 5.56. The SMILES string of the molecule is O=c1n(CC(F)(F)CN2CCC(OCc3ccccc3F)CC2CCI)nc2n1CCC2. The Morgan fingerprint density at radius 2 is 2.03 bits per heavy atom. The van der Waals surface area contributed by atoms with Crippen LogP contribution in [-0.2, 0) is 30.9 Å². The van der Waals surface area contributed by atoms with Gasteiger partial charge in [-0.05, 0) is 31.7 Å². The molecule has 0 spiro atoms. The molecule has 1 saturated heterocycles. The van der Waals surface area contributed by atoms with Crippen molar-refractivity contribution in [3.05, 3.63) is 52.0 Å². The van der Waals surface area contributed by atoms with Crippen LogP contribution in [0, 0.1) is 5.82 Å². The zero-order chi connectivity index (χ0) is 22.7. The predicted molar refractivity (Wildman–Crippen MR) is 123 cm³/mol. The van der Waals surface area contributed by atoms with Gasteiger partial charge in [0, 0.05) is 35.5 Å². The highest BCUT2D eigenvalue weighted by Crippen LogP contribution is 2.28. The first-order chi connectivity index (χ1) is 15.4. The van der Waals surface area contributed by atoms with Crippen molar-refractivity contribution in [3.8, 4) is 0 Å². The summed E-state index contributed by atoms with van der Waals surface area (Å²) in [6, 6.07) is 6.47. The van der Waals surface area contributed by atoms with Crippen LogP contribution in [0.2, 0.25) is 0 Å². The quantitative estimate of drug-likeness (QED) is 0.345. The van der Waals surface area contributed by atoms with Crippen molar-refractivity contribution in [3.63, 3.8) is 0 Å². The van der Waals surface area contributed by atoms with Gasteiger partial charge in [0.1, 0.15) is 18.2 Å². The predicted octanol–water partition coefficient (Wildman–Crippen LogP) is 3.64. The number of benzene rings is 1. The minimum Gasteiger partial charge on any atom is -0.373 e. The molecule has 4 rings (SSSR count). The van der Waals surface area contributed by atoms with Crippen molar-refractivity contribution in [2.45, 2.75) is 69.9 Å². The van der Waals surface area contributed by atoms with Crippen LogP contribution in [0.3, 0.4) is 0 Å². The lowest BCUT2D eigenvalue weighted by Crippen LogP contribution is -2.51. The van der Waals surface area contributed by atoms with Gasteiger partial charge in [-0.3, -0.25) is 9.47 Å². The van der Waals surface area contributed by atoms with Crippen molar-refractivity contribution in [2.24, 2.45) is 0 Å². The van der Waals surface area contributed by atoms with E-state index in [1.807, 2.05) is 4.90 Å². The van der Waals surface area contributed by atoms with E-state index in [0.717, 1.165) is 22.0 Å². The molecule has 32 heavy (non-hydrogen) atoms. The summed E-state index contributed by atoms with van der Waals surface area (Å²) >= 11 is 2.26. The van der Waals surface area contributed by atoms with Gasteiger partial charge in [0.15, 0.2) is 0 Å². The van der Waals surface area contributed by atoms with Gasteiger partial charge in [0.2, 0.25) is 0 Å². The summed E-state index contributed by atoms with van der Waals surface area (Å²) in [5.41, 5.74) is 0.0607. The van der Waals surface area contributed by atoms with Crippen LogP contribution in [0.1, 0.15) is 37.1 Å². The van der Waals surface area contributed by atoms with Gasteiger partial charge in [-0.2, -0.15) is 5.10 Å². The normalized spacial score (nSPS) is 21.8. The van der Waals surface area contributed by atoms with Gasteiger partial charge in [-0.15, -0.1) is 0 Å². The van der Waals surface area contributed by atoms with E-state index >= 15 is 0 Å². The lowest BCUT2D eigenvalue weighted by molar-refractivity contribution is -0.0850. The maximum Gasteiger partial charge on any atom is 0.346 e. The summed E-state index contributed by atoms with van der Waals surface area (Å²) in [6.07, 6.45) is 3.42. The molecule has 0 bridgehead atoms. The molecule has 0 radical (unpaired) electrons. The third-order valence-corrected chi connectivity index (χ3v) is 6.88. The molecule has 10 heteroatoms. The van der Waals surface area contributed by atoms with Crippen molar-refractivity contribution in [1.82, 2.24) is 19.2 Å². The Hall–Kier alpha value is -1.40. The standard InChI is InChI=1S/C22H28F3IN4O2/c23-19-5-2-1-4-16(19)13-32-18-8-11-28(17(12-18)7-9-26)14-22(24,25)15-30-21(31)29-10-3-6-20(29)27-30/h1-2,4-5,17-18H,3,6-15H2. The number of aromatic nitrogens is 3. The number of alkyl halides is 3. The number of nitrogens with zero attached hydrogens (tertiary/aromatic N) is 4. The number of aryl methyl sites for hydroxylation is 1. The summed E-state index contributed by atoms with van der Waals surface area (Å²) < 4.78 is 52.9. The molecule has 2 unspecified atom stereocenters. The number of fused-ring (bicyclic) bond motifs is 1. The van der Waals surface area contributed by atoms with Crippen LogP contribution < -0.4 is 5.69 Å². The number of rotatable bonds is 9.